The van der Waals surface area contributed by atoms with Gasteiger partial charge >= 0.3 is 6.16 Å². The van der Waals surface area contributed by atoms with Crippen LogP contribution in [0.25, 0.3) is 5.57 Å². The average molecular weight is 202 g/mol. The number of aromatic nitrogens is 1. The van der Waals surface area contributed by atoms with Crippen LogP contribution in [0.3, 0.4) is 0 Å². The van der Waals surface area contributed by atoms with E-state index in [0.717, 1.165) is 11.3 Å². The number of carboxylic acid groups (broad SMARTS) is 2. The molecule has 5 nitrogen and oxygen atoms in total. The van der Waals surface area contributed by atoms with Crippen LogP contribution in [-0.4, -0.2) is 21.4 Å². The molecule has 0 saturated carbocycles. The maximum absolute atomic E-state index is 8.56. The third-order valence-electron chi connectivity index (χ3n) is 0.959. The van der Waals surface area contributed by atoms with Crippen molar-refractivity contribution >= 4 is 28.2 Å². The van der Waals surface area contributed by atoms with Gasteiger partial charge in [0.05, 0.1) is 5.69 Å². The van der Waals surface area contributed by atoms with E-state index in [9.17, 15) is 0 Å². The van der Waals surface area contributed by atoms with Crippen LogP contribution in [0, 0.1) is 0 Å². The third-order valence-corrected chi connectivity index (χ3v) is 1.63. The van der Waals surface area contributed by atoms with Gasteiger partial charge in [0.2, 0.25) is 0 Å². The molecule has 0 unspecified atom stereocenters. The molecule has 1 heterocycles. The number of allylic oxidation sites excluding steroid dienone is 1. The summed E-state index contributed by atoms with van der Waals surface area (Å²) in [6, 6.07) is 0. The summed E-state index contributed by atoms with van der Waals surface area (Å²) in [5.74, 6) is 0. The maximum Gasteiger partial charge on any atom is 0.503 e. The summed E-state index contributed by atoms with van der Waals surface area (Å²) in [6.45, 7) is 5.64. The highest BCUT2D eigenvalue weighted by Crippen LogP contribution is 2.16. The van der Waals surface area contributed by atoms with Crippen molar-refractivity contribution in [3.8, 4) is 0 Å². The SMILES string of the molecule is C=C(C)c1csc(N)n1.O=C(O)O. The first-order valence-corrected chi connectivity index (χ1v) is 4.10. The van der Waals surface area contributed by atoms with Crippen LogP contribution < -0.4 is 5.73 Å². The minimum atomic E-state index is -1.83. The quantitative estimate of drug-likeness (QED) is 0.647. The van der Waals surface area contributed by atoms with Crippen LogP contribution in [0.5, 0.6) is 0 Å². The van der Waals surface area contributed by atoms with Gasteiger partial charge in [-0.1, -0.05) is 6.58 Å². The summed E-state index contributed by atoms with van der Waals surface area (Å²) < 4.78 is 0. The lowest BCUT2D eigenvalue weighted by Gasteiger charge is -1.86. The van der Waals surface area contributed by atoms with Crippen LogP contribution in [0.15, 0.2) is 12.0 Å². The topological polar surface area (TPSA) is 96.4 Å². The number of nitrogens with two attached hydrogens (primary N) is 1. The fraction of sp³-hybridized carbons (Fsp3) is 0.143. The minimum Gasteiger partial charge on any atom is -0.450 e. The zero-order valence-corrected chi connectivity index (χ0v) is 7.84. The molecule has 0 saturated heterocycles. The fourth-order valence-electron chi connectivity index (χ4n) is 0.484. The van der Waals surface area contributed by atoms with Crippen molar-refractivity contribution in [3.05, 3.63) is 17.7 Å². The zero-order valence-electron chi connectivity index (χ0n) is 7.02. The van der Waals surface area contributed by atoms with Gasteiger partial charge in [-0.05, 0) is 12.5 Å². The second kappa shape index (κ2) is 5.15. The molecule has 4 N–H and O–H groups in total. The van der Waals surface area contributed by atoms with Gasteiger partial charge in [0.25, 0.3) is 0 Å². The van der Waals surface area contributed by atoms with E-state index < -0.39 is 6.16 Å². The minimum absolute atomic E-state index is 0.605. The van der Waals surface area contributed by atoms with Crippen LogP contribution in [-0.2, 0) is 0 Å². The summed E-state index contributed by atoms with van der Waals surface area (Å²) in [6.07, 6.45) is -1.83. The molecule has 0 aromatic carbocycles. The maximum atomic E-state index is 8.56. The Morgan fingerprint density at radius 3 is 2.31 bits per heavy atom. The standard InChI is InChI=1S/C6H8N2S.CH2O3/c1-4(2)5-3-9-6(7)8-5;2-1(3)4/h3H,1H2,2H3,(H2,7,8);(H2,2,3,4). The van der Waals surface area contributed by atoms with E-state index in [1.807, 2.05) is 12.3 Å². The highest BCUT2D eigenvalue weighted by molar-refractivity contribution is 7.13. The van der Waals surface area contributed by atoms with E-state index in [1.165, 1.54) is 11.3 Å². The summed E-state index contributed by atoms with van der Waals surface area (Å²) >= 11 is 1.44. The van der Waals surface area contributed by atoms with Crippen LogP contribution in [0.2, 0.25) is 0 Å². The molecule has 1 aromatic heterocycles. The number of nitrogen functional groups attached to an aromatic ring is 1. The number of hydrogen-bond donors (Lipinski definition) is 3. The van der Waals surface area contributed by atoms with Gasteiger partial charge in [-0.3, -0.25) is 0 Å². The molecule has 0 bridgehead atoms. The number of thiazole rings is 1. The lowest BCUT2D eigenvalue weighted by molar-refractivity contribution is 0.137. The Bertz CT molecular complexity index is 304. The van der Waals surface area contributed by atoms with Crippen LogP contribution >= 0.6 is 11.3 Å². The van der Waals surface area contributed by atoms with E-state index in [2.05, 4.69) is 11.6 Å². The van der Waals surface area contributed by atoms with Gasteiger partial charge < -0.3 is 15.9 Å². The van der Waals surface area contributed by atoms with Crippen LogP contribution in [0.1, 0.15) is 12.6 Å². The molecular formula is C7H10N2O3S. The summed E-state index contributed by atoms with van der Waals surface area (Å²) in [5, 5.41) is 16.4. The largest absolute Gasteiger partial charge is 0.503 e. The molecule has 0 fully saturated rings. The molecule has 0 aliphatic rings. The first kappa shape index (κ1) is 11.4. The molecule has 0 aliphatic carbocycles. The van der Waals surface area contributed by atoms with Crippen LogP contribution in [0.4, 0.5) is 9.93 Å². The lowest BCUT2D eigenvalue weighted by atomic mass is 10.3. The van der Waals surface area contributed by atoms with E-state index in [0.29, 0.717) is 5.13 Å². The molecule has 0 amide bonds. The van der Waals surface area contributed by atoms with Crippen molar-refractivity contribution in [1.29, 1.82) is 0 Å². The second-order valence-electron chi connectivity index (χ2n) is 2.13. The van der Waals surface area contributed by atoms with Crippen molar-refractivity contribution in [2.24, 2.45) is 0 Å². The second-order valence-corrected chi connectivity index (χ2v) is 3.02. The van der Waals surface area contributed by atoms with Crippen molar-refractivity contribution < 1.29 is 15.0 Å². The predicted molar refractivity (Wildman–Crippen MR) is 51.9 cm³/mol. The van der Waals surface area contributed by atoms with E-state index in [1.54, 1.807) is 0 Å². The Kier molecular flexibility index (Phi) is 4.53. The number of anilines is 1. The summed E-state index contributed by atoms with van der Waals surface area (Å²) in [5.41, 5.74) is 7.24. The Balaban J connectivity index is 0.000000310. The molecule has 0 atom stereocenters. The number of rotatable bonds is 1. The smallest absolute Gasteiger partial charge is 0.450 e. The molecule has 1 aromatic rings. The number of carbonyl (C=O) groups is 1. The monoisotopic (exact) mass is 202 g/mol. The highest BCUT2D eigenvalue weighted by Gasteiger charge is 1.96. The van der Waals surface area contributed by atoms with Gasteiger partial charge in [-0.15, -0.1) is 11.3 Å². The van der Waals surface area contributed by atoms with E-state index in [4.69, 9.17) is 20.7 Å². The van der Waals surface area contributed by atoms with Gasteiger partial charge in [-0.2, -0.15) is 0 Å². The first-order chi connectivity index (χ1) is 5.93. The number of nitrogens with zero attached hydrogens (tertiary/aromatic N) is 1. The zero-order chi connectivity index (χ0) is 10.4. The Morgan fingerprint density at radius 2 is 2.15 bits per heavy atom. The van der Waals surface area contributed by atoms with Crippen molar-refractivity contribution in [1.82, 2.24) is 4.98 Å². The normalized spacial score (nSPS) is 8.38. The van der Waals surface area contributed by atoms with Gasteiger partial charge in [0.1, 0.15) is 0 Å². The summed E-state index contributed by atoms with van der Waals surface area (Å²) in [7, 11) is 0. The Morgan fingerprint density at radius 1 is 1.69 bits per heavy atom. The molecule has 6 heteroatoms. The molecule has 0 spiro atoms. The first-order valence-electron chi connectivity index (χ1n) is 3.22. The van der Waals surface area contributed by atoms with Crippen molar-refractivity contribution in [2.45, 2.75) is 6.92 Å². The molecule has 0 aliphatic heterocycles. The van der Waals surface area contributed by atoms with E-state index >= 15 is 0 Å². The molecule has 13 heavy (non-hydrogen) atoms. The lowest BCUT2D eigenvalue weighted by Crippen LogP contribution is -1.82. The fourth-order valence-corrected chi connectivity index (χ4v) is 1.12. The molecule has 72 valence electrons. The Labute approximate surface area is 79.2 Å². The summed E-state index contributed by atoms with van der Waals surface area (Å²) in [4.78, 5) is 12.6. The molecular weight excluding hydrogens is 192 g/mol. The highest BCUT2D eigenvalue weighted by atomic mass is 32.1. The molecule has 0 radical (unpaired) electrons. The van der Waals surface area contributed by atoms with Gasteiger partial charge in [0.15, 0.2) is 5.13 Å². The molecule has 1 rings (SSSR count). The van der Waals surface area contributed by atoms with Gasteiger partial charge in [-0.25, -0.2) is 9.78 Å². The number of hydrogen-bond acceptors (Lipinski definition) is 4. The van der Waals surface area contributed by atoms with E-state index in [-0.39, 0.29) is 0 Å². The van der Waals surface area contributed by atoms with Crippen molar-refractivity contribution in [2.75, 3.05) is 5.73 Å². The third kappa shape index (κ3) is 5.68. The van der Waals surface area contributed by atoms with Gasteiger partial charge in [0, 0.05) is 5.38 Å². The predicted octanol–water partition coefficient (Wildman–Crippen LogP) is 1.98. The average Bonchev–Trinajstić information content (AvgIpc) is 2.34. The Hall–Kier alpha value is -1.56. The van der Waals surface area contributed by atoms with Crippen molar-refractivity contribution in [3.63, 3.8) is 0 Å².